The van der Waals surface area contributed by atoms with E-state index in [0.717, 1.165) is 4.57 Å². The summed E-state index contributed by atoms with van der Waals surface area (Å²) >= 11 is 0. The number of aryl methyl sites for hydroxylation is 1. The lowest BCUT2D eigenvalue weighted by atomic mass is 10.3. The van der Waals surface area contributed by atoms with Crippen LogP contribution in [0.15, 0.2) is 33.9 Å². The second-order valence-corrected chi connectivity index (χ2v) is 4.27. The minimum Gasteiger partial charge on any atom is -0.618 e. The van der Waals surface area contributed by atoms with Crippen LogP contribution in [0, 0.1) is 5.21 Å². The Balaban J connectivity index is 2.75. The second kappa shape index (κ2) is 3.64. The quantitative estimate of drug-likeness (QED) is 0.307. The second-order valence-electron chi connectivity index (χ2n) is 4.27. The Labute approximate surface area is 106 Å². The van der Waals surface area contributed by atoms with Gasteiger partial charge in [0, 0.05) is 20.2 Å². The van der Waals surface area contributed by atoms with E-state index in [1.54, 1.807) is 24.3 Å². The molecular formula is C12H10N4O3. The molecule has 19 heavy (non-hydrogen) atoms. The molecule has 0 saturated carbocycles. The summed E-state index contributed by atoms with van der Waals surface area (Å²) in [4.78, 5) is 28.1. The van der Waals surface area contributed by atoms with Gasteiger partial charge in [0.15, 0.2) is 0 Å². The lowest BCUT2D eigenvalue weighted by Gasteiger charge is -2.08. The third kappa shape index (κ3) is 1.38. The van der Waals surface area contributed by atoms with Crippen LogP contribution in [0.5, 0.6) is 0 Å². The van der Waals surface area contributed by atoms with Crippen LogP contribution in [-0.4, -0.2) is 14.1 Å². The molecule has 2 heterocycles. The van der Waals surface area contributed by atoms with Gasteiger partial charge in [0.1, 0.15) is 5.52 Å². The van der Waals surface area contributed by atoms with Crippen molar-refractivity contribution in [1.29, 1.82) is 0 Å². The maximum absolute atomic E-state index is 12.3. The van der Waals surface area contributed by atoms with Crippen LogP contribution in [0.2, 0.25) is 0 Å². The van der Waals surface area contributed by atoms with E-state index < -0.39 is 11.2 Å². The predicted molar refractivity (Wildman–Crippen MR) is 68.7 cm³/mol. The molecule has 0 spiro atoms. The van der Waals surface area contributed by atoms with Gasteiger partial charge >= 0.3 is 16.8 Å². The van der Waals surface area contributed by atoms with Gasteiger partial charge in [0.25, 0.3) is 0 Å². The monoisotopic (exact) mass is 258 g/mol. The van der Waals surface area contributed by atoms with Crippen LogP contribution in [0.1, 0.15) is 0 Å². The molecule has 0 fully saturated rings. The number of fused-ring (bicyclic) bond motifs is 2. The SMILES string of the molecule is Cn1c(=O)c2c(nc3ccccc3[n+]2[O-])n(C)c1=O. The fraction of sp³-hybridized carbons (Fsp3) is 0.167. The molecule has 0 atom stereocenters. The van der Waals surface area contributed by atoms with Gasteiger partial charge < -0.3 is 5.21 Å². The van der Waals surface area contributed by atoms with Gasteiger partial charge in [-0.2, -0.15) is 4.73 Å². The predicted octanol–water partition coefficient (Wildman–Crippen LogP) is -0.581. The highest BCUT2D eigenvalue weighted by molar-refractivity contribution is 5.78. The number of benzene rings is 1. The number of hydrogen-bond donors (Lipinski definition) is 0. The van der Waals surface area contributed by atoms with E-state index in [4.69, 9.17) is 0 Å². The number of aromatic nitrogens is 4. The summed E-state index contributed by atoms with van der Waals surface area (Å²) in [5.41, 5.74) is -0.476. The molecule has 0 aliphatic rings. The van der Waals surface area contributed by atoms with Crippen molar-refractivity contribution >= 4 is 22.2 Å². The molecule has 2 aromatic heterocycles. The lowest BCUT2D eigenvalue weighted by molar-refractivity contribution is -0.549. The highest BCUT2D eigenvalue weighted by Gasteiger charge is 2.20. The van der Waals surface area contributed by atoms with Crippen molar-refractivity contribution in [3.63, 3.8) is 0 Å². The van der Waals surface area contributed by atoms with Crippen LogP contribution in [0.4, 0.5) is 0 Å². The van der Waals surface area contributed by atoms with Gasteiger partial charge in [-0.25, -0.2) is 9.78 Å². The fourth-order valence-corrected chi connectivity index (χ4v) is 2.09. The summed E-state index contributed by atoms with van der Waals surface area (Å²) in [7, 11) is 2.81. The Morgan fingerprint density at radius 3 is 2.58 bits per heavy atom. The fourth-order valence-electron chi connectivity index (χ4n) is 2.09. The van der Waals surface area contributed by atoms with Crippen molar-refractivity contribution in [3.8, 4) is 0 Å². The summed E-state index contributed by atoms with van der Waals surface area (Å²) in [5.74, 6) is 0. The molecule has 0 unspecified atom stereocenters. The Kier molecular flexibility index (Phi) is 2.19. The van der Waals surface area contributed by atoms with E-state index in [1.807, 2.05) is 0 Å². The Morgan fingerprint density at radius 1 is 1.16 bits per heavy atom. The van der Waals surface area contributed by atoms with Crippen molar-refractivity contribution in [3.05, 3.63) is 50.3 Å². The first-order valence-electron chi connectivity index (χ1n) is 5.60. The minimum absolute atomic E-state index is 0.0850. The van der Waals surface area contributed by atoms with Crippen molar-refractivity contribution < 1.29 is 4.73 Å². The number of rotatable bonds is 0. The normalized spacial score (nSPS) is 11.3. The maximum Gasteiger partial charge on any atom is 0.332 e. The van der Waals surface area contributed by atoms with E-state index in [0.29, 0.717) is 15.8 Å². The zero-order valence-electron chi connectivity index (χ0n) is 10.3. The molecular weight excluding hydrogens is 248 g/mol. The summed E-state index contributed by atoms with van der Waals surface area (Å²) in [5, 5.41) is 12.3. The molecule has 0 saturated heterocycles. The first kappa shape index (κ1) is 11.4. The Bertz CT molecular complexity index is 939. The van der Waals surface area contributed by atoms with Gasteiger partial charge in [-0.15, -0.1) is 0 Å². The van der Waals surface area contributed by atoms with Crippen LogP contribution in [0.3, 0.4) is 0 Å². The summed E-state index contributed by atoms with van der Waals surface area (Å²) in [6.45, 7) is 0. The van der Waals surface area contributed by atoms with E-state index in [2.05, 4.69) is 4.98 Å². The van der Waals surface area contributed by atoms with E-state index >= 15 is 0 Å². The first-order valence-corrected chi connectivity index (χ1v) is 5.60. The average molecular weight is 258 g/mol. The smallest absolute Gasteiger partial charge is 0.332 e. The Morgan fingerprint density at radius 2 is 1.84 bits per heavy atom. The Hall–Kier alpha value is -2.70. The zero-order valence-corrected chi connectivity index (χ0v) is 10.3. The van der Waals surface area contributed by atoms with E-state index in [1.165, 1.54) is 18.7 Å². The standard InChI is InChI=1S/C12H10N4O3/c1-14-10-9(11(17)15(2)12(14)18)16(19)8-6-4-3-5-7(8)13-10/h3-6H,1-2H3. The minimum atomic E-state index is -0.647. The largest absolute Gasteiger partial charge is 0.618 e. The molecule has 0 bridgehead atoms. The highest BCUT2D eigenvalue weighted by Crippen LogP contribution is 2.09. The van der Waals surface area contributed by atoms with Crippen molar-refractivity contribution in [2.24, 2.45) is 14.1 Å². The van der Waals surface area contributed by atoms with Gasteiger partial charge in [-0.3, -0.25) is 13.9 Å². The third-order valence-electron chi connectivity index (χ3n) is 3.14. The van der Waals surface area contributed by atoms with Gasteiger partial charge in [-0.1, -0.05) is 12.1 Å². The topological polar surface area (TPSA) is 83.8 Å². The molecule has 3 rings (SSSR count). The third-order valence-corrected chi connectivity index (χ3v) is 3.14. The summed E-state index contributed by atoms with van der Waals surface area (Å²) < 4.78 is 2.62. The van der Waals surface area contributed by atoms with Crippen LogP contribution in [0.25, 0.3) is 22.2 Å². The van der Waals surface area contributed by atoms with Gasteiger partial charge in [0.05, 0.1) is 0 Å². The molecule has 0 amide bonds. The van der Waals surface area contributed by atoms with E-state index in [9.17, 15) is 14.8 Å². The number of nitrogens with zero attached hydrogens (tertiary/aromatic N) is 4. The van der Waals surface area contributed by atoms with Crippen LogP contribution < -0.4 is 16.0 Å². The van der Waals surface area contributed by atoms with Crippen molar-refractivity contribution in [2.45, 2.75) is 0 Å². The maximum atomic E-state index is 12.3. The molecule has 0 radical (unpaired) electrons. The molecule has 1 aromatic carbocycles. The highest BCUT2D eigenvalue weighted by atomic mass is 16.5. The summed E-state index contributed by atoms with van der Waals surface area (Å²) in [6, 6.07) is 6.67. The molecule has 7 heteroatoms. The zero-order chi connectivity index (χ0) is 13.7. The van der Waals surface area contributed by atoms with Gasteiger partial charge in [0.2, 0.25) is 11.2 Å². The van der Waals surface area contributed by atoms with Crippen LogP contribution in [-0.2, 0) is 14.1 Å². The molecule has 0 N–H and O–H groups in total. The molecule has 96 valence electrons. The molecule has 0 aliphatic carbocycles. The van der Waals surface area contributed by atoms with Crippen molar-refractivity contribution in [1.82, 2.24) is 14.1 Å². The lowest BCUT2D eigenvalue weighted by Crippen LogP contribution is -2.44. The average Bonchev–Trinajstić information content (AvgIpc) is 2.43. The first-order chi connectivity index (χ1) is 9.02. The van der Waals surface area contributed by atoms with Gasteiger partial charge in [-0.05, 0) is 6.07 Å². The van der Waals surface area contributed by atoms with Crippen LogP contribution >= 0.6 is 0 Å². The van der Waals surface area contributed by atoms with E-state index in [-0.39, 0.29) is 11.2 Å². The molecule has 7 nitrogen and oxygen atoms in total. The molecule has 0 aliphatic heterocycles. The van der Waals surface area contributed by atoms with Crippen molar-refractivity contribution in [2.75, 3.05) is 0 Å². The number of para-hydroxylation sites is 2. The molecule has 3 aromatic rings. The summed E-state index contributed by atoms with van der Waals surface area (Å²) in [6.07, 6.45) is 0. The number of hydrogen-bond acceptors (Lipinski definition) is 4.